The van der Waals surface area contributed by atoms with Crippen LogP contribution >= 0.6 is 0 Å². The summed E-state index contributed by atoms with van der Waals surface area (Å²) in [4.78, 5) is 0. The minimum Gasteiger partial charge on any atom is -0.381 e. The number of hydrogen-bond donors (Lipinski definition) is 2. The highest BCUT2D eigenvalue weighted by molar-refractivity contribution is 5.52. The lowest BCUT2D eigenvalue weighted by Crippen LogP contribution is -2.14. The van der Waals surface area contributed by atoms with Crippen LogP contribution in [-0.4, -0.2) is 22.9 Å². The van der Waals surface area contributed by atoms with Crippen LogP contribution in [0.15, 0.2) is 30.5 Å². The van der Waals surface area contributed by atoms with Crippen molar-refractivity contribution in [1.82, 2.24) is 9.78 Å². The predicted molar refractivity (Wildman–Crippen MR) is 79.9 cm³/mol. The van der Waals surface area contributed by atoms with Crippen molar-refractivity contribution in [3.63, 3.8) is 0 Å². The molecule has 0 bridgehead atoms. The maximum Gasteiger partial charge on any atom is 0.0767 e. The smallest absolute Gasteiger partial charge is 0.0767 e. The van der Waals surface area contributed by atoms with E-state index in [9.17, 15) is 0 Å². The van der Waals surface area contributed by atoms with Crippen molar-refractivity contribution >= 4 is 5.69 Å². The van der Waals surface area contributed by atoms with Crippen molar-refractivity contribution in [3.8, 4) is 5.69 Å². The van der Waals surface area contributed by atoms with E-state index in [-0.39, 0.29) is 0 Å². The molecular weight excluding hydrogens is 236 g/mol. The second-order valence-electron chi connectivity index (χ2n) is 5.06. The molecule has 0 radical (unpaired) electrons. The number of benzene rings is 1. The van der Waals surface area contributed by atoms with Crippen LogP contribution in [-0.2, 0) is 0 Å². The summed E-state index contributed by atoms with van der Waals surface area (Å²) in [6.45, 7) is 7.83. The van der Waals surface area contributed by atoms with Gasteiger partial charge in [-0.25, -0.2) is 4.68 Å². The number of nitrogens with two attached hydrogens (primary N) is 1. The molecule has 1 heterocycles. The fourth-order valence-electron chi connectivity index (χ4n) is 2.22. The summed E-state index contributed by atoms with van der Waals surface area (Å²) in [5.74, 6) is 0.392. The van der Waals surface area contributed by atoms with Gasteiger partial charge in [0, 0.05) is 13.1 Å². The Morgan fingerprint density at radius 2 is 2.16 bits per heavy atom. The van der Waals surface area contributed by atoms with Crippen molar-refractivity contribution < 1.29 is 0 Å². The largest absolute Gasteiger partial charge is 0.381 e. The van der Waals surface area contributed by atoms with Crippen LogP contribution in [0.3, 0.4) is 0 Å². The monoisotopic (exact) mass is 258 g/mol. The van der Waals surface area contributed by atoms with Crippen molar-refractivity contribution in [1.29, 1.82) is 0 Å². The first-order chi connectivity index (χ1) is 9.13. The topological polar surface area (TPSA) is 55.9 Å². The highest BCUT2D eigenvalue weighted by Gasteiger charge is 2.15. The van der Waals surface area contributed by atoms with E-state index in [1.54, 1.807) is 0 Å². The van der Waals surface area contributed by atoms with Gasteiger partial charge in [0.25, 0.3) is 0 Å². The summed E-state index contributed by atoms with van der Waals surface area (Å²) in [5, 5.41) is 7.86. The molecule has 102 valence electrons. The van der Waals surface area contributed by atoms with E-state index in [4.69, 9.17) is 5.73 Å². The zero-order valence-corrected chi connectivity index (χ0v) is 11.9. The van der Waals surface area contributed by atoms with Gasteiger partial charge in [0.1, 0.15) is 0 Å². The number of nitrogens with zero attached hydrogens (tertiary/aromatic N) is 2. The average molecular weight is 258 g/mol. The van der Waals surface area contributed by atoms with Gasteiger partial charge in [-0.1, -0.05) is 26.0 Å². The quantitative estimate of drug-likeness (QED) is 0.867. The molecule has 0 atom stereocenters. The predicted octanol–water partition coefficient (Wildman–Crippen LogP) is 2.67. The average Bonchev–Trinajstić information content (AvgIpc) is 2.80. The summed E-state index contributed by atoms with van der Waals surface area (Å²) in [7, 11) is 0. The number of aryl methyl sites for hydroxylation is 1. The Kier molecular flexibility index (Phi) is 4.22. The fourth-order valence-corrected chi connectivity index (χ4v) is 2.22. The van der Waals surface area contributed by atoms with Gasteiger partial charge in [-0.3, -0.25) is 0 Å². The first kappa shape index (κ1) is 13.6. The number of hydrogen-bond acceptors (Lipinski definition) is 3. The van der Waals surface area contributed by atoms with E-state index in [1.165, 1.54) is 11.3 Å². The summed E-state index contributed by atoms with van der Waals surface area (Å²) < 4.78 is 2.01. The third kappa shape index (κ3) is 2.96. The minimum atomic E-state index is 0.392. The van der Waals surface area contributed by atoms with E-state index in [0.29, 0.717) is 12.5 Å². The maximum absolute atomic E-state index is 5.55. The molecule has 0 saturated carbocycles. The second-order valence-corrected chi connectivity index (χ2v) is 5.06. The van der Waals surface area contributed by atoms with E-state index in [1.807, 2.05) is 10.9 Å². The molecule has 3 N–H and O–H groups in total. The molecule has 0 aliphatic heterocycles. The van der Waals surface area contributed by atoms with Crippen molar-refractivity contribution in [3.05, 3.63) is 41.7 Å². The molecule has 0 amide bonds. The third-order valence-corrected chi connectivity index (χ3v) is 3.06. The molecule has 19 heavy (non-hydrogen) atoms. The van der Waals surface area contributed by atoms with Gasteiger partial charge in [-0.05, 0) is 30.5 Å². The maximum atomic E-state index is 5.55. The Labute approximate surface area is 114 Å². The molecule has 0 saturated heterocycles. The molecule has 1 aromatic heterocycles. The lowest BCUT2D eigenvalue weighted by molar-refractivity contribution is 0.734. The normalized spacial score (nSPS) is 11.0. The van der Waals surface area contributed by atoms with Gasteiger partial charge in [0.15, 0.2) is 0 Å². The standard InChI is InChI=1S/C15H22N4/c1-11(2)15-14(17-8-7-16)10-18-19(15)13-6-4-5-12(3)9-13/h4-6,9-11,17H,7-8,16H2,1-3H3. The first-order valence-corrected chi connectivity index (χ1v) is 6.72. The minimum absolute atomic E-state index is 0.392. The second kappa shape index (κ2) is 5.89. The van der Waals surface area contributed by atoms with Crippen LogP contribution in [0.1, 0.15) is 31.0 Å². The molecule has 0 spiro atoms. The lowest BCUT2D eigenvalue weighted by atomic mass is 10.1. The number of rotatable bonds is 5. The van der Waals surface area contributed by atoms with Gasteiger partial charge in [-0.15, -0.1) is 0 Å². The summed E-state index contributed by atoms with van der Waals surface area (Å²) >= 11 is 0. The molecule has 4 heteroatoms. The molecule has 4 nitrogen and oxygen atoms in total. The Hall–Kier alpha value is -1.81. The van der Waals surface area contributed by atoms with E-state index in [0.717, 1.165) is 17.9 Å². The van der Waals surface area contributed by atoms with Gasteiger partial charge in [0.05, 0.1) is 23.3 Å². The van der Waals surface area contributed by atoms with Crippen LogP contribution < -0.4 is 11.1 Å². The van der Waals surface area contributed by atoms with Crippen LogP contribution in [0, 0.1) is 6.92 Å². The molecule has 0 aliphatic rings. The van der Waals surface area contributed by atoms with Crippen molar-refractivity contribution in [2.45, 2.75) is 26.7 Å². The highest BCUT2D eigenvalue weighted by atomic mass is 15.3. The molecule has 2 rings (SSSR count). The number of aromatic nitrogens is 2. The van der Waals surface area contributed by atoms with Crippen LogP contribution in [0.4, 0.5) is 5.69 Å². The fraction of sp³-hybridized carbons (Fsp3) is 0.400. The first-order valence-electron chi connectivity index (χ1n) is 6.72. The molecule has 1 aromatic carbocycles. The van der Waals surface area contributed by atoms with Crippen LogP contribution in [0.2, 0.25) is 0 Å². The third-order valence-electron chi connectivity index (χ3n) is 3.06. The van der Waals surface area contributed by atoms with Gasteiger partial charge >= 0.3 is 0 Å². The Morgan fingerprint density at radius 3 is 2.79 bits per heavy atom. The van der Waals surface area contributed by atoms with Crippen LogP contribution in [0.5, 0.6) is 0 Å². The number of nitrogens with one attached hydrogen (secondary N) is 1. The van der Waals surface area contributed by atoms with Gasteiger partial charge in [0.2, 0.25) is 0 Å². The number of anilines is 1. The van der Waals surface area contributed by atoms with Gasteiger partial charge in [-0.2, -0.15) is 5.10 Å². The zero-order chi connectivity index (χ0) is 13.8. The summed E-state index contributed by atoms with van der Waals surface area (Å²) in [6.07, 6.45) is 1.88. The van der Waals surface area contributed by atoms with E-state index >= 15 is 0 Å². The molecule has 2 aromatic rings. The van der Waals surface area contributed by atoms with Crippen molar-refractivity contribution in [2.24, 2.45) is 5.73 Å². The van der Waals surface area contributed by atoms with Gasteiger partial charge < -0.3 is 11.1 Å². The Morgan fingerprint density at radius 1 is 1.37 bits per heavy atom. The zero-order valence-electron chi connectivity index (χ0n) is 11.9. The lowest BCUT2D eigenvalue weighted by Gasteiger charge is -2.14. The SMILES string of the molecule is Cc1cccc(-n2ncc(NCCN)c2C(C)C)c1. The van der Waals surface area contributed by atoms with Crippen molar-refractivity contribution in [2.75, 3.05) is 18.4 Å². The summed E-state index contributed by atoms with van der Waals surface area (Å²) in [5.41, 5.74) is 10.2. The molecular formula is C15H22N4. The highest BCUT2D eigenvalue weighted by Crippen LogP contribution is 2.26. The molecule has 0 unspecified atom stereocenters. The Bertz CT molecular complexity index is 543. The molecule has 0 fully saturated rings. The molecule has 0 aliphatic carbocycles. The van der Waals surface area contributed by atoms with Crippen LogP contribution in [0.25, 0.3) is 5.69 Å². The summed E-state index contributed by atoms with van der Waals surface area (Å²) in [6, 6.07) is 8.38. The van der Waals surface area contributed by atoms with E-state index < -0.39 is 0 Å². The van der Waals surface area contributed by atoms with E-state index in [2.05, 4.69) is 55.5 Å². The Balaban J connectivity index is 2.43.